The molecule has 2 unspecified atom stereocenters. The van der Waals surface area contributed by atoms with Crippen molar-refractivity contribution in [2.75, 3.05) is 12.4 Å². The highest BCUT2D eigenvalue weighted by Gasteiger charge is 2.27. The number of nitrogens with zero attached hydrogens (tertiary/aromatic N) is 2. The van der Waals surface area contributed by atoms with Gasteiger partial charge in [-0.1, -0.05) is 29.8 Å². The molecule has 2 aromatic carbocycles. The fourth-order valence-corrected chi connectivity index (χ4v) is 5.59. The lowest BCUT2D eigenvalue weighted by Gasteiger charge is -2.32. The quantitative estimate of drug-likeness (QED) is 0.501. The molecular formula is C24H28ClN3O3S. The van der Waals surface area contributed by atoms with Crippen LogP contribution in [0.4, 0.5) is 0 Å². The number of aromatic nitrogens is 2. The lowest BCUT2D eigenvalue weighted by Crippen LogP contribution is -2.34. The van der Waals surface area contributed by atoms with Gasteiger partial charge in [-0.05, 0) is 66.6 Å². The fraction of sp³-hybridized carbons (Fsp3) is 0.375. The Morgan fingerprint density at radius 3 is 2.72 bits per heavy atom. The number of hydrogen-bond acceptors (Lipinski definition) is 5. The van der Waals surface area contributed by atoms with Gasteiger partial charge in [0, 0.05) is 30.2 Å². The minimum Gasteiger partial charge on any atom is -0.494 e. The van der Waals surface area contributed by atoms with E-state index in [-0.39, 0.29) is 22.7 Å². The van der Waals surface area contributed by atoms with Crippen molar-refractivity contribution in [3.63, 3.8) is 0 Å². The molecule has 0 saturated carbocycles. The smallest absolute Gasteiger partial charge is 0.197 e. The molecule has 0 aliphatic heterocycles. The summed E-state index contributed by atoms with van der Waals surface area (Å²) in [4.78, 5) is 3.94. The van der Waals surface area contributed by atoms with Crippen molar-refractivity contribution >= 4 is 21.4 Å². The number of halogens is 1. The van der Waals surface area contributed by atoms with Gasteiger partial charge in [0.25, 0.3) is 0 Å². The van der Waals surface area contributed by atoms with E-state index in [0.717, 1.165) is 30.0 Å². The highest BCUT2D eigenvalue weighted by Crippen LogP contribution is 2.36. The summed E-state index contributed by atoms with van der Waals surface area (Å²) in [6.45, 7) is 0.318. The Bertz CT molecular complexity index is 1180. The molecule has 0 fully saturated rings. The highest BCUT2D eigenvalue weighted by atomic mass is 35.5. The second kappa shape index (κ2) is 9.65. The third-order valence-corrected chi connectivity index (χ3v) is 7.90. The molecule has 3 aromatic rings. The van der Waals surface area contributed by atoms with E-state index in [4.69, 9.17) is 22.1 Å². The van der Waals surface area contributed by atoms with Crippen LogP contribution in [0.3, 0.4) is 0 Å². The normalized spacial score (nSPS) is 18.3. The molecule has 0 amide bonds. The van der Waals surface area contributed by atoms with Crippen molar-refractivity contribution in [2.45, 2.75) is 42.7 Å². The van der Waals surface area contributed by atoms with Crippen molar-refractivity contribution in [1.82, 2.24) is 9.55 Å². The summed E-state index contributed by atoms with van der Waals surface area (Å²) in [7, 11) is -1.65. The summed E-state index contributed by atoms with van der Waals surface area (Å²) < 4.78 is 32.3. The molecule has 8 heteroatoms. The van der Waals surface area contributed by atoms with Gasteiger partial charge in [-0.25, -0.2) is 13.4 Å². The number of sulfone groups is 1. The number of nitrogens with two attached hydrogens (primary N) is 1. The Hall–Kier alpha value is -2.35. The van der Waals surface area contributed by atoms with E-state index in [9.17, 15) is 8.42 Å². The van der Waals surface area contributed by atoms with Crippen LogP contribution in [0.1, 0.15) is 35.4 Å². The Morgan fingerprint density at radius 1 is 1.22 bits per heavy atom. The number of fused-ring (bicyclic) bond motifs is 1. The summed E-state index contributed by atoms with van der Waals surface area (Å²) in [5.74, 6) is 0.946. The second-order valence-corrected chi connectivity index (χ2v) is 10.9. The Labute approximate surface area is 194 Å². The van der Waals surface area contributed by atoms with Gasteiger partial charge < -0.3 is 15.0 Å². The maximum absolute atomic E-state index is 12.4. The molecule has 170 valence electrons. The van der Waals surface area contributed by atoms with E-state index < -0.39 is 9.84 Å². The van der Waals surface area contributed by atoms with Gasteiger partial charge in [0.05, 0.1) is 18.7 Å². The Balaban J connectivity index is 1.41. The summed E-state index contributed by atoms with van der Waals surface area (Å²) in [5, 5.41) is 0.829. The van der Waals surface area contributed by atoms with Gasteiger partial charge in [-0.15, -0.1) is 0 Å². The maximum Gasteiger partial charge on any atom is 0.197 e. The van der Waals surface area contributed by atoms with E-state index in [2.05, 4.69) is 17.1 Å². The zero-order valence-electron chi connectivity index (χ0n) is 18.1. The predicted molar refractivity (Wildman–Crippen MR) is 126 cm³/mol. The van der Waals surface area contributed by atoms with Crippen molar-refractivity contribution < 1.29 is 13.2 Å². The maximum atomic E-state index is 12.4. The SMILES string of the molecule is Cn1cnc(S(=O)(=O)CCCOc2ccc3c(c2)C(Cc2ccc(Cl)cc2)C(N)CC3)c1. The summed E-state index contributed by atoms with van der Waals surface area (Å²) in [5.41, 5.74) is 10.2. The third-order valence-electron chi connectivity index (χ3n) is 5.98. The van der Waals surface area contributed by atoms with Crippen LogP contribution >= 0.6 is 11.6 Å². The van der Waals surface area contributed by atoms with E-state index in [1.165, 1.54) is 29.2 Å². The molecule has 0 saturated heterocycles. The standard InChI is InChI=1S/C24H28ClN3O3S/c1-28-15-24(27-16-28)32(29,30)12-2-11-31-20-9-5-18-6-10-23(26)22(21(18)14-20)13-17-3-7-19(25)8-4-17/h3-5,7-9,14-16,22-23H,2,6,10-13,26H2,1H3. The van der Waals surface area contributed by atoms with E-state index in [0.29, 0.717) is 13.0 Å². The minimum absolute atomic E-state index is 0.000972. The molecule has 2 atom stereocenters. The number of benzene rings is 2. The number of hydrogen-bond donors (Lipinski definition) is 1. The van der Waals surface area contributed by atoms with Crippen molar-refractivity contribution in [2.24, 2.45) is 12.8 Å². The van der Waals surface area contributed by atoms with Crippen molar-refractivity contribution in [3.05, 3.63) is 76.7 Å². The molecule has 0 bridgehead atoms. The summed E-state index contributed by atoms with van der Waals surface area (Å²) >= 11 is 6.03. The Morgan fingerprint density at radius 2 is 2.00 bits per heavy atom. The zero-order valence-corrected chi connectivity index (χ0v) is 19.6. The molecule has 0 radical (unpaired) electrons. The summed E-state index contributed by atoms with van der Waals surface area (Å²) in [6, 6.07) is 14.1. The Kier molecular flexibility index (Phi) is 6.88. The minimum atomic E-state index is -3.40. The van der Waals surface area contributed by atoms with Crippen LogP contribution in [0.25, 0.3) is 0 Å². The van der Waals surface area contributed by atoms with Gasteiger partial charge in [0.2, 0.25) is 0 Å². The molecule has 0 spiro atoms. The monoisotopic (exact) mass is 473 g/mol. The van der Waals surface area contributed by atoms with Gasteiger partial charge >= 0.3 is 0 Å². The third kappa shape index (κ3) is 5.34. The first kappa shape index (κ1) is 22.8. The van der Waals surface area contributed by atoms with Crippen LogP contribution in [0.5, 0.6) is 5.75 Å². The van der Waals surface area contributed by atoms with Gasteiger partial charge in [-0.3, -0.25) is 0 Å². The number of rotatable bonds is 8. The molecule has 1 aromatic heterocycles. The lowest BCUT2D eigenvalue weighted by molar-refractivity contribution is 0.316. The van der Waals surface area contributed by atoms with E-state index in [1.54, 1.807) is 11.6 Å². The van der Waals surface area contributed by atoms with Gasteiger partial charge in [0.15, 0.2) is 14.9 Å². The second-order valence-electron chi connectivity index (χ2n) is 8.40. The van der Waals surface area contributed by atoms with Crippen LogP contribution < -0.4 is 10.5 Å². The van der Waals surface area contributed by atoms with Crippen LogP contribution in [-0.2, 0) is 29.7 Å². The molecule has 1 aliphatic carbocycles. The van der Waals surface area contributed by atoms with Crippen LogP contribution in [0.2, 0.25) is 5.02 Å². The van der Waals surface area contributed by atoms with E-state index >= 15 is 0 Å². The average Bonchev–Trinajstić information content (AvgIpc) is 3.22. The zero-order chi connectivity index (χ0) is 22.7. The molecule has 4 rings (SSSR count). The first-order chi connectivity index (χ1) is 15.3. The largest absolute Gasteiger partial charge is 0.494 e. The van der Waals surface area contributed by atoms with Crippen LogP contribution in [-0.4, -0.2) is 36.4 Å². The molecule has 2 N–H and O–H groups in total. The fourth-order valence-electron chi connectivity index (χ4n) is 4.22. The van der Waals surface area contributed by atoms with Crippen LogP contribution in [0.15, 0.2) is 60.0 Å². The molecular weight excluding hydrogens is 446 g/mol. The number of aryl methyl sites for hydroxylation is 2. The van der Waals surface area contributed by atoms with E-state index in [1.807, 2.05) is 30.3 Å². The first-order valence-corrected chi connectivity index (χ1v) is 12.8. The van der Waals surface area contributed by atoms with Crippen LogP contribution in [0, 0.1) is 0 Å². The average molecular weight is 474 g/mol. The number of ether oxygens (including phenoxy) is 1. The topological polar surface area (TPSA) is 87.2 Å². The van der Waals surface area contributed by atoms with Crippen molar-refractivity contribution in [3.8, 4) is 5.75 Å². The highest BCUT2D eigenvalue weighted by molar-refractivity contribution is 7.91. The lowest BCUT2D eigenvalue weighted by atomic mass is 9.76. The van der Waals surface area contributed by atoms with Gasteiger partial charge in [-0.2, -0.15) is 0 Å². The molecule has 6 nitrogen and oxygen atoms in total. The number of imidazole rings is 1. The molecule has 1 aliphatic rings. The molecule has 32 heavy (non-hydrogen) atoms. The predicted octanol–water partition coefficient (Wildman–Crippen LogP) is 3.92. The van der Waals surface area contributed by atoms with Gasteiger partial charge in [0.1, 0.15) is 5.75 Å². The van der Waals surface area contributed by atoms with Crippen molar-refractivity contribution in [1.29, 1.82) is 0 Å². The summed E-state index contributed by atoms with van der Waals surface area (Å²) in [6.07, 6.45) is 6.15. The molecule has 1 heterocycles. The first-order valence-electron chi connectivity index (χ1n) is 10.8.